The summed E-state index contributed by atoms with van der Waals surface area (Å²) >= 11 is 0. The van der Waals surface area contributed by atoms with Gasteiger partial charge in [0.05, 0.1) is 0 Å². The van der Waals surface area contributed by atoms with Crippen molar-refractivity contribution in [2.75, 3.05) is 0 Å². The van der Waals surface area contributed by atoms with Crippen LogP contribution >= 0.6 is 0 Å². The minimum absolute atomic E-state index is 0.266. The lowest BCUT2D eigenvalue weighted by atomic mass is 9.57. The van der Waals surface area contributed by atoms with Gasteiger partial charge in [-0.2, -0.15) is 0 Å². The molecule has 0 N–H and O–H groups in total. The molecule has 2 aliphatic rings. The summed E-state index contributed by atoms with van der Waals surface area (Å²) < 4.78 is 28.5. The van der Waals surface area contributed by atoms with Gasteiger partial charge in [-0.3, -0.25) is 4.79 Å². The Kier molecular flexibility index (Phi) is 5.36. The molecule has 3 rings (SSSR count). The number of ketones is 1. The third kappa shape index (κ3) is 3.27. The molecule has 0 heterocycles. The van der Waals surface area contributed by atoms with Gasteiger partial charge in [-0.05, 0) is 49.1 Å². The molecule has 2 fully saturated rings. The van der Waals surface area contributed by atoms with E-state index in [9.17, 15) is 13.6 Å². The van der Waals surface area contributed by atoms with Crippen LogP contribution in [0.3, 0.4) is 0 Å². The number of hydrogen-bond donors (Lipinski definition) is 0. The fourth-order valence-corrected chi connectivity index (χ4v) is 5.17. The van der Waals surface area contributed by atoms with E-state index in [4.69, 9.17) is 0 Å². The minimum Gasteiger partial charge on any atom is -0.300 e. The molecule has 0 spiro atoms. The second-order valence-corrected chi connectivity index (χ2v) is 7.80. The van der Waals surface area contributed by atoms with Crippen LogP contribution in [0.15, 0.2) is 18.2 Å². The van der Waals surface area contributed by atoms with Crippen molar-refractivity contribution in [1.29, 1.82) is 0 Å². The summed E-state index contributed by atoms with van der Waals surface area (Å²) in [6.07, 6.45) is 9.38. The topological polar surface area (TPSA) is 17.1 Å². The normalized spacial score (nSPS) is 27.2. The molecule has 1 aromatic carbocycles. The van der Waals surface area contributed by atoms with Crippen LogP contribution < -0.4 is 0 Å². The van der Waals surface area contributed by atoms with Crippen molar-refractivity contribution < 1.29 is 13.6 Å². The van der Waals surface area contributed by atoms with Crippen LogP contribution in [-0.4, -0.2) is 5.78 Å². The Hall–Kier alpha value is -1.25. The smallest absolute Gasteiger partial charge is 0.162 e. The molecule has 0 saturated heterocycles. The molecule has 2 saturated carbocycles. The van der Waals surface area contributed by atoms with Crippen LogP contribution in [0.2, 0.25) is 0 Å². The molecule has 24 heavy (non-hydrogen) atoms. The van der Waals surface area contributed by atoms with Crippen molar-refractivity contribution in [2.24, 2.45) is 11.8 Å². The highest BCUT2D eigenvalue weighted by Gasteiger charge is 2.45. The Labute approximate surface area is 143 Å². The lowest BCUT2D eigenvalue weighted by molar-refractivity contribution is -0.122. The maximum absolute atomic E-state index is 14.6. The van der Waals surface area contributed by atoms with Crippen molar-refractivity contribution in [3.63, 3.8) is 0 Å². The fourth-order valence-electron chi connectivity index (χ4n) is 5.17. The van der Waals surface area contributed by atoms with Gasteiger partial charge in [0.1, 0.15) is 5.78 Å². The molecule has 2 aliphatic carbocycles. The zero-order valence-corrected chi connectivity index (χ0v) is 14.6. The molecule has 1 nitrogen and oxygen atoms in total. The van der Waals surface area contributed by atoms with Crippen LogP contribution in [0.25, 0.3) is 0 Å². The van der Waals surface area contributed by atoms with Gasteiger partial charge in [-0.1, -0.05) is 44.7 Å². The molecule has 1 aromatic rings. The zero-order chi connectivity index (χ0) is 17.2. The third-order valence-corrected chi connectivity index (χ3v) is 6.51. The highest BCUT2D eigenvalue weighted by molar-refractivity contribution is 5.79. The van der Waals surface area contributed by atoms with E-state index in [-0.39, 0.29) is 11.2 Å². The zero-order valence-electron chi connectivity index (χ0n) is 14.6. The molecule has 0 atom stereocenters. The average molecular weight is 334 g/mol. The molecule has 0 bridgehead atoms. The van der Waals surface area contributed by atoms with Crippen LogP contribution in [0.1, 0.15) is 76.7 Å². The van der Waals surface area contributed by atoms with Gasteiger partial charge in [-0.15, -0.1) is 0 Å². The number of benzene rings is 1. The van der Waals surface area contributed by atoms with Gasteiger partial charge in [0.25, 0.3) is 0 Å². The summed E-state index contributed by atoms with van der Waals surface area (Å²) in [4.78, 5) is 11.8. The summed E-state index contributed by atoms with van der Waals surface area (Å²) in [6.45, 7) is 2.22. The standard InChI is InChI=1S/C21H28F2O/c1-2-4-15-7-9-16(10-8-15)21(13-11-17(24)12-14-21)18-5-3-6-19(22)20(18)23/h3,5-6,15-16H,2,4,7-14H2,1H3. The molecule has 0 aliphatic heterocycles. The molecular formula is C21H28F2O. The Morgan fingerprint density at radius 2 is 1.75 bits per heavy atom. The lowest BCUT2D eigenvalue weighted by Crippen LogP contribution is -2.42. The number of halogens is 2. The predicted molar refractivity (Wildman–Crippen MR) is 91.9 cm³/mol. The van der Waals surface area contributed by atoms with Gasteiger partial charge in [0, 0.05) is 18.3 Å². The van der Waals surface area contributed by atoms with Crippen molar-refractivity contribution in [2.45, 2.75) is 76.5 Å². The molecule has 0 radical (unpaired) electrons. The van der Waals surface area contributed by atoms with Crippen LogP contribution in [0.4, 0.5) is 8.78 Å². The van der Waals surface area contributed by atoms with Crippen molar-refractivity contribution in [3.8, 4) is 0 Å². The SMILES string of the molecule is CCCC1CCC(C2(c3cccc(F)c3F)CCC(=O)CC2)CC1. The number of Topliss-reactive ketones (excluding diaryl/α,β-unsaturated/α-hetero) is 1. The summed E-state index contributed by atoms with van der Waals surface area (Å²) in [6, 6.07) is 4.57. The molecular weight excluding hydrogens is 306 g/mol. The number of carbonyl (C=O) groups is 1. The van der Waals surface area contributed by atoms with Gasteiger partial charge in [-0.25, -0.2) is 8.78 Å². The quantitative estimate of drug-likeness (QED) is 0.665. The van der Waals surface area contributed by atoms with Gasteiger partial charge in [0.15, 0.2) is 11.6 Å². The van der Waals surface area contributed by atoms with E-state index in [0.717, 1.165) is 18.8 Å². The largest absolute Gasteiger partial charge is 0.300 e. The molecule has 0 amide bonds. The third-order valence-electron chi connectivity index (χ3n) is 6.51. The van der Waals surface area contributed by atoms with Crippen LogP contribution in [0, 0.1) is 23.5 Å². The van der Waals surface area contributed by atoms with E-state index in [1.54, 1.807) is 12.1 Å². The maximum Gasteiger partial charge on any atom is 0.162 e. The first-order valence-electron chi connectivity index (χ1n) is 9.53. The summed E-state index contributed by atoms with van der Waals surface area (Å²) in [7, 11) is 0. The Balaban J connectivity index is 1.89. The number of hydrogen-bond acceptors (Lipinski definition) is 1. The van der Waals surface area contributed by atoms with Crippen molar-refractivity contribution >= 4 is 5.78 Å². The van der Waals surface area contributed by atoms with Gasteiger partial charge >= 0.3 is 0 Å². The first kappa shape index (κ1) is 17.6. The molecule has 132 valence electrons. The summed E-state index contributed by atoms with van der Waals surface area (Å²) in [5.74, 6) is -0.0334. The van der Waals surface area contributed by atoms with E-state index >= 15 is 0 Å². The Morgan fingerprint density at radius 3 is 2.38 bits per heavy atom. The van der Waals surface area contributed by atoms with Crippen molar-refractivity contribution in [1.82, 2.24) is 0 Å². The molecule has 3 heteroatoms. The number of carbonyl (C=O) groups excluding carboxylic acids is 1. The van der Waals surface area contributed by atoms with Crippen LogP contribution in [0.5, 0.6) is 0 Å². The second kappa shape index (κ2) is 7.33. The molecule has 0 unspecified atom stereocenters. The highest BCUT2D eigenvalue weighted by Crippen LogP contribution is 2.51. The highest BCUT2D eigenvalue weighted by atomic mass is 19.2. The van der Waals surface area contributed by atoms with E-state index in [1.165, 1.54) is 31.7 Å². The number of rotatable bonds is 4. The van der Waals surface area contributed by atoms with Gasteiger partial charge in [0.2, 0.25) is 0 Å². The molecule has 0 aromatic heterocycles. The van der Waals surface area contributed by atoms with Gasteiger partial charge < -0.3 is 0 Å². The van der Waals surface area contributed by atoms with Crippen molar-refractivity contribution in [3.05, 3.63) is 35.4 Å². The minimum atomic E-state index is -0.761. The summed E-state index contributed by atoms with van der Waals surface area (Å²) in [5.41, 5.74) is 0.172. The van der Waals surface area contributed by atoms with E-state index in [0.29, 0.717) is 37.2 Å². The Morgan fingerprint density at radius 1 is 1.08 bits per heavy atom. The first-order valence-corrected chi connectivity index (χ1v) is 9.53. The second-order valence-electron chi connectivity index (χ2n) is 7.80. The first-order chi connectivity index (χ1) is 11.6. The van der Waals surface area contributed by atoms with E-state index in [1.807, 2.05) is 0 Å². The Bertz CT molecular complexity index is 578. The predicted octanol–water partition coefficient (Wildman–Crippen LogP) is 5.95. The fraction of sp³-hybridized carbons (Fsp3) is 0.667. The average Bonchev–Trinajstić information content (AvgIpc) is 2.60. The monoisotopic (exact) mass is 334 g/mol. The van der Waals surface area contributed by atoms with E-state index < -0.39 is 11.6 Å². The summed E-state index contributed by atoms with van der Waals surface area (Å²) in [5, 5.41) is 0. The van der Waals surface area contributed by atoms with E-state index in [2.05, 4.69) is 6.92 Å². The lowest BCUT2D eigenvalue weighted by Gasteiger charge is -2.47. The van der Waals surface area contributed by atoms with Crippen LogP contribution in [-0.2, 0) is 10.2 Å². The maximum atomic E-state index is 14.6.